The second-order valence-corrected chi connectivity index (χ2v) is 6.05. The first-order valence-electron chi connectivity index (χ1n) is 8.27. The average Bonchev–Trinajstić information content (AvgIpc) is 3.29. The van der Waals surface area contributed by atoms with E-state index in [1.165, 1.54) is 18.2 Å². The van der Waals surface area contributed by atoms with E-state index in [0.29, 0.717) is 31.7 Å². The third kappa shape index (κ3) is 4.15. The number of rotatable bonds is 5. The van der Waals surface area contributed by atoms with Gasteiger partial charge in [-0.3, -0.25) is 9.59 Å². The fraction of sp³-hybridized carbons (Fsp3) is 0.471. The molecule has 2 amide bonds. The molecule has 2 aliphatic rings. The molecule has 0 radical (unpaired) electrons. The highest BCUT2D eigenvalue weighted by atomic mass is 16.5. The zero-order chi connectivity index (χ0) is 17.8. The van der Waals surface area contributed by atoms with E-state index in [9.17, 15) is 14.4 Å². The number of carboxylic acid groups (broad SMARTS) is 1. The fourth-order valence-corrected chi connectivity index (χ4v) is 2.89. The highest BCUT2D eigenvalue weighted by Crippen LogP contribution is 2.26. The van der Waals surface area contributed by atoms with Gasteiger partial charge in [0.25, 0.3) is 11.8 Å². The lowest BCUT2D eigenvalue weighted by Crippen LogP contribution is -2.29. The molecule has 2 aliphatic heterocycles. The highest BCUT2D eigenvalue weighted by molar-refractivity contribution is 6.03. The van der Waals surface area contributed by atoms with Crippen LogP contribution in [0.4, 0.5) is 11.4 Å². The van der Waals surface area contributed by atoms with E-state index in [1.807, 2.05) is 0 Å². The normalized spacial score (nSPS) is 22.6. The first-order valence-corrected chi connectivity index (χ1v) is 8.27. The summed E-state index contributed by atoms with van der Waals surface area (Å²) in [5.41, 5.74) is 0.571. The zero-order valence-electron chi connectivity index (χ0n) is 13.6. The highest BCUT2D eigenvalue weighted by Gasteiger charge is 2.27. The topological polar surface area (TPSA) is 114 Å². The minimum atomic E-state index is -1.12. The van der Waals surface area contributed by atoms with Crippen molar-refractivity contribution in [3.63, 3.8) is 0 Å². The predicted octanol–water partition coefficient (Wildman–Crippen LogP) is 1.62. The molecule has 2 unspecified atom stereocenters. The van der Waals surface area contributed by atoms with Gasteiger partial charge in [0.1, 0.15) is 12.2 Å². The zero-order valence-corrected chi connectivity index (χ0v) is 13.6. The number of carbonyl (C=O) groups is 3. The number of anilines is 2. The molecule has 8 heteroatoms. The van der Waals surface area contributed by atoms with Gasteiger partial charge in [0.2, 0.25) is 0 Å². The van der Waals surface area contributed by atoms with E-state index in [-0.39, 0.29) is 23.1 Å². The number of ether oxygens (including phenoxy) is 2. The molecule has 2 saturated heterocycles. The van der Waals surface area contributed by atoms with E-state index < -0.39 is 18.2 Å². The molecule has 1 aromatic carbocycles. The van der Waals surface area contributed by atoms with Gasteiger partial charge in [0, 0.05) is 13.2 Å². The van der Waals surface area contributed by atoms with Crippen LogP contribution in [-0.2, 0) is 19.1 Å². The molecule has 0 saturated carbocycles. The first-order chi connectivity index (χ1) is 12.0. The Morgan fingerprint density at radius 1 is 0.920 bits per heavy atom. The van der Waals surface area contributed by atoms with Crippen molar-refractivity contribution >= 4 is 29.2 Å². The van der Waals surface area contributed by atoms with Crippen LogP contribution in [0.25, 0.3) is 0 Å². The maximum atomic E-state index is 12.3. The third-order valence-corrected chi connectivity index (χ3v) is 4.23. The Kier molecular flexibility index (Phi) is 5.30. The fourth-order valence-electron chi connectivity index (χ4n) is 2.89. The van der Waals surface area contributed by atoms with Gasteiger partial charge >= 0.3 is 5.97 Å². The minimum absolute atomic E-state index is 0.0118. The maximum Gasteiger partial charge on any atom is 0.335 e. The number of benzene rings is 1. The van der Waals surface area contributed by atoms with Crippen molar-refractivity contribution < 1.29 is 29.0 Å². The SMILES string of the molecule is O=C(O)c1ccc(NC(=O)C2CCCO2)c(NC(=O)C2CCCO2)c1. The summed E-state index contributed by atoms with van der Waals surface area (Å²) >= 11 is 0. The van der Waals surface area contributed by atoms with Crippen LogP contribution in [0.2, 0.25) is 0 Å². The van der Waals surface area contributed by atoms with Crippen LogP contribution >= 0.6 is 0 Å². The lowest BCUT2D eigenvalue weighted by atomic mass is 10.1. The number of nitrogens with one attached hydrogen (secondary N) is 2. The summed E-state index contributed by atoms with van der Waals surface area (Å²) in [5.74, 6) is -1.79. The van der Waals surface area contributed by atoms with Gasteiger partial charge in [-0.25, -0.2) is 4.79 Å². The molecule has 0 bridgehead atoms. The molecule has 2 heterocycles. The molecule has 134 valence electrons. The Hall–Kier alpha value is -2.45. The van der Waals surface area contributed by atoms with E-state index in [2.05, 4.69) is 10.6 Å². The van der Waals surface area contributed by atoms with Gasteiger partial charge in [-0.15, -0.1) is 0 Å². The Balaban J connectivity index is 1.79. The summed E-state index contributed by atoms with van der Waals surface area (Å²) in [6, 6.07) is 4.15. The number of aromatic carboxylic acids is 1. The van der Waals surface area contributed by atoms with Crippen LogP contribution in [0.1, 0.15) is 36.0 Å². The number of carbonyl (C=O) groups excluding carboxylic acids is 2. The van der Waals surface area contributed by atoms with Crippen LogP contribution in [0.15, 0.2) is 18.2 Å². The maximum absolute atomic E-state index is 12.3. The number of carboxylic acids is 1. The van der Waals surface area contributed by atoms with Crippen molar-refractivity contribution in [3.05, 3.63) is 23.8 Å². The second kappa shape index (κ2) is 7.62. The third-order valence-electron chi connectivity index (χ3n) is 4.23. The summed E-state index contributed by atoms with van der Waals surface area (Å²) in [5, 5.41) is 14.5. The molecule has 2 atom stereocenters. The van der Waals surface area contributed by atoms with E-state index >= 15 is 0 Å². The Labute approximate surface area is 144 Å². The van der Waals surface area contributed by atoms with Crippen molar-refractivity contribution in [1.29, 1.82) is 0 Å². The van der Waals surface area contributed by atoms with Crippen LogP contribution < -0.4 is 10.6 Å². The molecule has 1 aromatic rings. The Bertz CT molecular complexity index is 678. The second-order valence-electron chi connectivity index (χ2n) is 6.05. The smallest absolute Gasteiger partial charge is 0.335 e. The van der Waals surface area contributed by atoms with Gasteiger partial charge < -0.3 is 25.2 Å². The van der Waals surface area contributed by atoms with Crippen molar-refractivity contribution in [2.24, 2.45) is 0 Å². The number of hydrogen-bond acceptors (Lipinski definition) is 5. The molecular weight excluding hydrogens is 328 g/mol. The molecule has 8 nitrogen and oxygen atoms in total. The monoisotopic (exact) mass is 348 g/mol. The Morgan fingerprint density at radius 3 is 1.96 bits per heavy atom. The van der Waals surface area contributed by atoms with Gasteiger partial charge in [-0.2, -0.15) is 0 Å². The summed E-state index contributed by atoms with van der Waals surface area (Å²) in [4.78, 5) is 35.7. The summed E-state index contributed by atoms with van der Waals surface area (Å²) in [7, 11) is 0. The number of amides is 2. The van der Waals surface area contributed by atoms with Crippen LogP contribution in [0, 0.1) is 0 Å². The van der Waals surface area contributed by atoms with Gasteiger partial charge in [-0.05, 0) is 43.9 Å². The Morgan fingerprint density at radius 2 is 1.48 bits per heavy atom. The number of hydrogen-bond donors (Lipinski definition) is 3. The summed E-state index contributed by atoms with van der Waals surface area (Å²) in [6.07, 6.45) is 1.78. The largest absolute Gasteiger partial charge is 0.478 e. The summed E-state index contributed by atoms with van der Waals surface area (Å²) < 4.78 is 10.7. The summed E-state index contributed by atoms with van der Waals surface area (Å²) in [6.45, 7) is 1.06. The molecule has 2 fully saturated rings. The van der Waals surface area contributed by atoms with Crippen LogP contribution in [-0.4, -0.2) is 48.3 Å². The molecule has 25 heavy (non-hydrogen) atoms. The quantitative estimate of drug-likeness (QED) is 0.745. The van der Waals surface area contributed by atoms with Crippen molar-refractivity contribution in [3.8, 4) is 0 Å². The lowest BCUT2D eigenvalue weighted by Gasteiger charge is -2.17. The van der Waals surface area contributed by atoms with E-state index in [1.54, 1.807) is 0 Å². The molecule has 0 aromatic heterocycles. The van der Waals surface area contributed by atoms with Gasteiger partial charge in [0.15, 0.2) is 0 Å². The van der Waals surface area contributed by atoms with Crippen LogP contribution in [0.3, 0.4) is 0 Å². The van der Waals surface area contributed by atoms with Gasteiger partial charge in [-0.1, -0.05) is 0 Å². The molecule has 3 N–H and O–H groups in total. The predicted molar refractivity (Wildman–Crippen MR) is 88.6 cm³/mol. The van der Waals surface area contributed by atoms with E-state index in [0.717, 1.165) is 12.8 Å². The minimum Gasteiger partial charge on any atom is -0.478 e. The molecule has 0 aliphatic carbocycles. The molecule has 0 spiro atoms. The van der Waals surface area contributed by atoms with Crippen LogP contribution in [0.5, 0.6) is 0 Å². The van der Waals surface area contributed by atoms with Crippen molar-refractivity contribution in [2.45, 2.75) is 37.9 Å². The molecular formula is C17H20N2O6. The van der Waals surface area contributed by atoms with E-state index in [4.69, 9.17) is 14.6 Å². The van der Waals surface area contributed by atoms with Crippen molar-refractivity contribution in [2.75, 3.05) is 23.8 Å². The first kappa shape index (κ1) is 17.4. The van der Waals surface area contributed by atoms with Crippen molar-refractivity contribution in [1.82, 2.24) is 0 Å². The average molecular weight is 348 g/mol. The molecule has 3 rings (SSSR count). The lowest BCUT2D eigenvalue weighted by molar-refractivity contribution is -0.125. The standard InChI is InChI=1S/C17H20N2O6/c20-15(13-3-1-7-24-13)18-11-6-5-10(17(22)23)9-12(11)19-16(21)14-4-2-8-25-14/h5-6,9,13-14H,1-4,7-8H2,(H,18,20)(H,19,21)(H,22,23). The van der Waals surface area contributed by atoms with Gasteiger partial charge in [0.05, 0.1) is 16.9 Å².